The predicted molar refractivity (Wildman–Crippen MR) is 68.8 cm³/mol. The molecular weight excluding hydrogens is 224 g/mol. The minimum atomic E-state index is 0.756. The van der Waals surface area contributed by atoms with Crippen LogP contribution in [0.25, 0.3) is 6.20 Å². The number of azo groups is 1. The number of benzene rings is 2. The SMILES string of the molecule is C1=c2cc3c(cc2N=N1)=NC(c1ccccc1)=N3. The van der Waals surface area contributed by atoms with E-state index in [4.69, 9.17) is 0 Å². The van der Waals surface area contributed by atoms with Crippen molar-refractivity contribution < 1.29 is 0 Å². The molecule has 0 aliphatic carbocycles. The molecule has 0 spiro atoms. The molecule has 0 saturated carbocycles. The van der Waals surface area contributed by atoms with E-state index in [0.717, 1.165) is 33.3 Å². The zero-order valence-corrected chi connectivity index (χ0v) is 9.41. The Morgan fingerprint density at radius 3 is 2.61 bits per heavy atom. The molecule has 0 unspecified atom stereocenters. The quantitative estimate of drug-likeness (QED) is 0.724. The molecular formula is C14H8N4. The summed E-state index contributed by atoms with van der Waals surface area (Å²) in [6.07, 6.45) is 1.74. The third-order valence-electron chi connectivity index (χ3n) is 2.97. The van der Waals surface area contributed by atoms with Crippen molar-refractivity contribution in [1.29, 1.82) is 0 Å². The van der Waals surface area contributed by atoms with Crippen LogP contribution in [0.1, 0.15) is 5.56 Å². The number of nitrogens with zero attached hydrogens (tertiary/aromatic N) is 4. The first-order valence-electron chi connectivity index (χ1n) is 5.68. The number of hydrogen-bond acceptors (Lipinski definition) is 4. The van der Waals surface area contributed by atoms with Crippen LogP contribution >= 0.6 is 0 Å². The molecule has 0 bridgehead atoms. The second-order valence-electron chi connectivity index (χ2n) is 4.16. The van der Waals surface area contributed by atoms with Crippen LogP contribution in [0.4, 0.5) is 11.4 Å². The van der Waals surface area contributed by atoms with Crippen molar-refractivity contribution in [2.45, 2.75) is 0 Å². The third-order valence-corrected chi connectivity index (χ3v) is 2.97. The molecule has 0 saturated heterocycles. The summed E-state index contributed by atoms with van der Waals surface area (Å²) in [6.45, 7) is 0. The maximum atomic E-state index is 4.55. The Morgan fingerprint density at radius 2 is 1.72 bits per heavy atom. The summed E-state index contributed by atoms with van der Waals surface area (Å²) in [6, 6.07) is 13.9. The zero-order valence-electron chi connectivity index (χ0n) is 9.41. The highest BCUT2D eigenvalue weighted by molar-refractivity contribution is 6.02. The summed E-state index contributed by atoms with van der Waals surface area (Å²) >= 11 is 0. The van der Waals surface area contributed by atoms with Crippen LogP contribution < -0.4 is 10.6 Å². The van der Waals surface area contributed by atoms with Crippen LogP contribution in [0.15, 0.2) is 62.7 Å². The van der Waals surface area contributed by atoms with Gasteiger partial charge in [0.05, 0.1) is 22.9 Å². The van der Waals surface area contributed by atoms with Crippen molar-refractivity contribution in [2.75, 3.05) is 0 Å². The summed E-state index contributed by atoms with van der Waals surface area (Å²) in [5.74, 6) is 0.756. The highest BCUT2D eigenvalue weighted by Crippen LogP contribution is 2.18. The van der Waals surface area contributed by atoms with E-state index in [2.05, 4.69) is 20.2 Å². The smallest absolute Gasteiger partial charge is 0.160 e. The number of fused-ring (bicyclic) bond motifs is 2. The zero-order chi connectivity index (χ0) is 11.9. The fourth-order valence-corrected chi connectivity index (χ4v) is 2.07. The summed E-state index contributed by atoms with van der Waals surface area (Å²) in [4.78, 5) is 9.08. The first-order valence-corrected chi connectivity index (χ1v) is 5.68. The van der Waals surface area contributed by atoms with Gasteiger partial charge in [0, 0.05) is 10.8 Å². The van der Waals surface area contributed by atoms with Crippen molar-refractivity contribution in [3.63, 3.8) is 0 Å². The lowest BCUT2D eigenvalue weighted by Gasteiger charge is -1.94. The van der Waals surface area contributed by atoms with Crippen molar-refractivity contribution >= 4 is 23.4 Å². The lowest BCUT2D eigenvalue weighted by atomic mass is 10.2. The molecule has 0 radical (unpaired) electrons. The van der Waals surface area contributed by atoms with Gasteiger partial charge >= 0.3 is 0 Å². The highest BCUT2D eigenvalue weighted by atomic mass is 15.1. The van der Waals surface area contributed by atoms with Gasteiger partial charge in [0.1, 0.15) is 0 Å². The summed E-state index contributed by atoms with van der Waals surface area (Å²) < 4.78 is 0. The van der Waals surface area contributed by atoms with E-state index < -0.39 is 0 Å². The standard InChI is InChI=1S/C14H8N4/c1-2-4-9(5-3-1)14-16-12-6-10-8-15-18-11(10)7-13(12)17-14/h1-8H. The van der Waals surface area contributed by atoms with Gasteiger partial charge in [-0.3, -0.25) is 0 Å². The van der Waals surface area contributed by atoms with Gasteiger partial charge in [-0.25, -0.2) is 9.98 Å². The maximum absolute atomic E-state index is 4.55. The molecule has 2 aromatic rings. The molecule has 0 aromatic heterocycles. The molecule has 2 aliphatic rings. The fraction of sp³-hybridized carbons (Fsp3) is 0. The molecule has 0 amide bonds. The van der Waals surface area contributed by atoms with Crippen molar-refractivity contribution in [3.8, 4) is 0 Å². The number of aliphatic imine (C=N–C) groups is 1. The van der Waals surface area contributed by atoms with Gasteiger partial charge in [-0.05, 0) is 12.1 Å². The van der Waals surface area contributed by atoms with Gasteiger partial charge in [0.25, 0.3) is 0 Å². The van der Waals surface area contributed by atoms with E-state index in [1.807, 2.05) is 42.5 Å². The van der Waals surface area contributed by atoms with Crippen LogP contribution in [0.2, 0.25) is 0 Å². The Morgan fingerprint density at radius 1 is 0.833 bits per heavy atom. The van der Waals surface area contributed by atoms with E-state index in [9.17, 15) is 0 Å². The Hall–Kier alpha value is -2.62. The first kappa shape index (κ1) is 9.41. The van der Waals surface area contributed by atoms with Gasteiger partial charge in [-0.2, -0.15) is 10.2 Å². The summed E-state index contributed by atoms with van der Waals surface area (Å²) in [7, 11) is 0. The van der Waals surface area contributed by atoms with Gasteiger partial charge in [-0.15, -0.1) is 0 Å². The van der Waals surface area contributed by atoms with E-state index in [-0.39, 0.29) is 0 Å². The number of amidine groups is 1. The average molecular weight is 232 g/mol. The normalized spacial score (nSPS) is 14.6. The molecule has 4 rings (SSSR count). The topological polar surface area (TPSA) is 49.4 Å². The number of hydrogen-bond donors (Lipinski definition) is 0. The first-order chi connectivity index (χ1) is 8.90. The Balaban J connectivity index is 1.90. The monoisotopic (exact) mass is 232 g/mol. The molecule has 18 heavy (non-hydrogen) atoms. The Labute approximate surface area is 103 Å². The minimum Gasteiger partial charge on any atom is -0.226 e. The lowest BCUT2D eigenvalue weighted by molar-refractivity contribution is 1.31. The lowest BCUT2D eigenvalue weighted by Crippen LogP contribution is -2.06. The number of rotatable bonds is 1. The van der Waals surface area contributed by atoms with Gasteiger partial charge < -0.3 is 0 Å². The van der Waals surface area contributed by atoms with Crippen molar-refractivity contribution in [2.24, 2.45) is 20.2 Å². The highest BCUT2D eigenvalue weighted by Gasteiger charge is 2.12. The molecule has 0 fully saturated rings. The fourth-order valence-electron chi connectivity index (χ4n) is 2.07. The van der Waals surface area contributed by atoms with E-state index in [1.165, 1.54) is 0 Å². The van der Waals surface area contributed by atoms with E-state index in [1.54, 1.807) is 6.20 Å². The van der Waals surface area contributed by atoms with Crippen LogP contribution in [-0.2, 0) is 0 Å². The van der Waals surface area contributed by atoms with E-state index in [0.29, 0.717) is 0 Å². The summed E-state index contributed by atoms with van der Waals surface area (Å²) in [5.41, 5.74) is 2.78. The van der Waals surface area contributed by atoms with Crippen LogP contribution in [0, 0.1) is 0 Å². The molecule has 4 heteroatoms. The van der Waals surface area contributed by atoms with Crippen LogP contribution in [0.3, 0.4) is 0 Å². The second-order valence-corrected chi connectivity index (χ2v) is 4.16. The van der Waals surface area contributed by atoms with Crippen molar-refractivity contribution in [3.05, 3.63) is 58.6 Å². The molecule has 0 N–H and O–H groups in total. The predicted octanol–water partition coefficient (Wildman–Crippen LogP) is 2.23. The minimum absolute atomic E-state index is 0.756. The van der Waals surface area contributed by atoms with Gasteiger partial charge in [-0.1, -0.05) is 30.3 Å². The average Bonchev–Trinajstić information content (AvgIpc) is 3.01. The van der Waals surface area contributed by atoms with Gasteiger partial charge in [0.15, 0.2) is 5.84 Å². The van der Waals surface area contributed by atoms with Crippen LogP contribution in [-0.4, -0.2) is 5.84 Å². The molecule has 84 valence electrons. The molecule has 2 aromatic carbocycles. The largest absolute Gasteiger partial charge is 0.226 e. The Kier molecular flexibility index (Phi) is 1.80. The third kappa shape index (κ3) is 1.32. The molecule has 2 heterocycles. The van der Waals surface area contributed by atoms with E-state index >= 15 is 0 Å². The van der Waals surface area contributed by atoms with Crippen LogP contribution in [0.5, 0.6) is 0 Å². The summed E-state index contributed by atoms with van der Waals surface area (Å²) in [5, 5.41) is 9.78. The maximum Gasteiger partial charge on any atom is 0.160 e. The Bertz CT molecular complexity index is 817. The van der Waals surface area contributed by atoms with Gasteiger partial charge in [0.2, 0.25) is 0 Å². The molecule has 2 aliphatic heterocycles. The second kappa shape index (κ2) is 3.43. The molecule has 4 nitrogen and oxygen atoms in total. The van der Waals surface area contributed by atoms with Crippen molar-refractivity contribution in [1.82, 2.24) is 0 Å². The molecule has 0 atom stereocenters.